The number of hydrogen-bond acceptors (Lipinski definition) is 4. The van der Waals surface area contributed by atoms with Crippen molar-refractivity contribution in [1.29, 1.82) is 0 Å². The Morgan fingerprint density at radius 2 is 1.94 bits per heavy atom. The summed E-state index contributed by atoms with van der Waals surface area (Å²) >= 11 is 0. The highest BCUT2D eigenvalue weighted by Gasteiger charge is 2.33. The minimum Gasteiger partial charge on any atom is -0.459 e. The Balaban J connectivity index is 1.75. The first-order valence-corrected chi connectivity index (χ1v) is 6.71. The number of rotatable bonds is 6. The maximum absolute atomic E-state index is 11.8. The molecule has 0 aromatic heterocycles. The largest absolute Gasteiger partial charge is 0.459 e. The summed E-state index contributed by atoms with van der Waals surface area (Å²) in [5, 5.41) is 0. The van der Waals surface area contributed by atoms with E-state index in [0.717, 1.165) is 25.8 Å². The molecule has 0 aromatic rings. The minimum atomic E-state index is -0.0901. The predicted molar refractivity (Wildman–Crippen MR) is 64.8 cm³/mol. The topological polar surface area (TPSA) is 38.8 Å². The van der Waals surface area contributed by atoms with Gasteiger partial charge in [0.15, 0.2) is 0 Å². The molecule has 0 N–H and O–H groups in total. The molecule has 2 fully saturated rings. The number of methoxy groups -OCH3 is 1. The van der Waals surface area contributed by atoms with Crippen LogP contribution in [0.5, 0.6) is 0 Å². The van der Waals surface area contributed by atoms with E-state index in [1.54, 1.807) is 7.11 Å². The molecule has 0 heterocycles. The maximum atomic E-state index is 11.8. The highest BCUT2D eigenvalue weighted by Crippen LogP contribution is 2.27. The van der Waals surface area contributed by atoms with E-state index >= 15 is 0 Å². The van der Waals surface area contributed by atoms with Gasteiger partial charge in [0.2, 0.25) is 0 Å². The van der Waals surface area contributed by atoms with Crippen LogP contribution in [-0.2, 0) is 14.3 Å². The average Bonchev–Trinajstić information content (AvgIpc) is 3.07. The molecular weight excluding hydrogens is 218 g/mol. The van der Waals surface area contributed by atoms with Gasteiger partial charge in [-0.15, -0.1) is 0 Å². The third-order valence-corrected chi connectivity index (χ3v) is 3.78. The molecule has 0 saturated heterocycles. The monoisotopic (exact) mass is 241 g/mol. The Hall–Kier alpha value is -0.610. The quantitative estimate of drug-likeness (QED) is 0.662. The number of ether oxygens (including phenoxy) is 2. The van der Waals surface area contributed by atoms with E-state index in [-0.39, 0.29) is 18.2 Å². The molecule has 0 bridgehead atoms. The van der Waals surface area contributed by atoms with Crippen molar-refractivity contribution in [2.75, 3.05) is 20.2 Å². The van der Waals surface area contributed by atoms with E-state index in [9.17, 15) is 4.79 Å². The van der Waals surface area contributed by atoms with E-state index in [2.05, 4.69) is 11.8 Å². The van der Waals surface area contributed by atoms with Crippen molar-refractivity contribution >= 4 is 5.97 Å². The zero-order valence-electron chi connectivity index (χ0n) is 10.9. The molecule has 98 valence electrons. The van der Waals surface area contributed by atoms with E-state index < -0.39 is 0 Å². The number of nitrogens with zero attached hydrogens (tertiary/aromatic N) is 1. The second kappa shape index (κ2) is 5.83. The van der Waals surface area contributed by atoms with Crippen LogP contribution in [0.25, 0.3) is 0 Å². The van der Waals surface area contributed by atoms with Gasteiger partial charge >= 0.3 is 5.97 Å². The first-order valence-electron chi connectivity index (χ1n) is 6.71. The van der Waals surface area contributed by atoms with Crippen molar-refractivity contribution in [3.63, 3.8) is 0 Å². The molecule has 0 amide bonds. The summed E-state index contributed by atoms with van der Waals surface area (Å²) in [5.41, 5.74) is 0. The molecule has 2 aliphatic carbocycles. The van der Waals surface area contributed by atoms with Crippen LogP contribution in [0.4, 0.5) is 0 Å². The molecule has 0 unspecified atom stereocenters. The van der Waals surface area contributed by atoms with Crippen LogP contribution in [0.1, 0.15) is 39.0 Å². The Morgan fingerprint density at radius 1 is 1.24 bits per heavy atom. The van der Waals surface area contributed by atoms with Gasteiger partial charge in [-0.1, -0.05) is 6.92 Å². The van der Waals surface area contributed by atoms with Gasteiger partial charge in [0.25, 0.3) is 0 Å². The fourth-order valence-electron chi connectivity index (χ4n) is 2.61. The highest BCUT2D eigenvalue weighted by molar-refractivity contribution is 5.72. The first kappa shape index (κ1) is 12.8. The van der Waals surface area contributed by atoms with Crippen molar-refractivity contribution in [3.05, 3.63) is 0 Å². The lowest BCUT2D eigenvalue weighted by Crippen LogP contribution is -2.36. The Morgan fingerprint density at radius 3 is 2.53 bits per heavy atom. The van der Waals surface area contributed by atoms with Crippen molar-refractivity contribution in [2.24, 2.45) is 0 Å². The fourth-order valence-corrected chi connectivity index (χ4v) is 2.61. The smallest absolute Gasteiger partial charge is 0.320 e. The van der Waals surface area contributed by atoms with Gasteiger partial charge in [-0.05, 0) is 38.6 Å². The SMILES string of the molecule is CCN(CC(=O)O[C@H]1CCC[C@H]1OC)C1CC1. The molecule has 2 rings (SSSR count). The third-order valence-electron chi connectivity index (χ3n) is 3.78. The molecule has 2 atom stereocenters. The summed E-state index contributed by atoms with van der Waals surface area (Å²) in [6.45, 7) is 3.46. The molecule has 4 heteroatoms. The van der Waals surface area contributed by atoms with Crippen LogP contribution in [0.15, 0.2) is 0 Å². The molecule has 2 aliphatic rings. The van der Waals surface area contributed by atoms with E-state index in [1.807, 2.05) is 0 Å². The van der Waals surface area contributed by atoms with E-state index in [4.69, 9.17) is 9.47 Å². The Bertz CT molecular complexity index is 265. The normalized spacial score (nSPS) is 28.6. The number of carbonyl (C=O) groups excluding carboxylic acids is 1. The predicted octanol–water partition coefficient (Wildman–Crippen LogP) is 1.58. The molecule has 0 spiro atoms. The fraction of sp³-hybridized carbons (Fsp3) is 0.923. The highest BCUT2D eigenvalue weighted by atomic mass is 16.6. The zero-order valence-corrected chi connectivity index (χ0v) is 10.9. The standard InChI is InChI=1S/C13H23NO3/c1-3-14(10-7-8-10)9-13(15)17-12-6-4-5-11(12)16-2/h10-12H,3-9H2,1-2H3/t11-,12+/m1/s1. The van der Waals surface area contributed by atoms with Gasteiger partial charge in [0.1, 0.15) is 6.10 Å². The second-order valence-electron chi connectivity index (χ2n) is 5.03. The number of carbonyl (C=O) groups is 1. The lowest BCUT2D eigenvalue weighted by atomic mass is 10.2. The minimum absolute atomic E-state index is 0.0228. The van der Waals surface area contributed by atoms with Crippen LogP contribution in [-0.4, -0.2) is 49.3 Å². The number of likely N-dealkylation sites (N-methyl/N-ethyl adjacent to an activating group) is 1. The van der Waals surface area contributed by atoms with E-state index in [1.165, 1.54) is 12.8 Å². The van der Waals surface area contributed by atoms with Crippen LogP contribution in [0.3, 0.4) is 0 Å². The van der Waals surface area contributed by atoms with Crippen LogP contribution < -0.4 is 0 Å². The Labute approximate surface area is 103 Å². The molecule has 0 aliphatic heterocycles. The second-order valence-corrected chi connectivity index (χ2v) is 5.03. The summed E-state index contributed by atoms with van der Waals surface area (Å²) in [4.78, 5) is 14.1. The van der Waals surface area contributed by atoms with Crippen molar-refractivity contribution in [1.82, 2.24) is 4.90 Å². The summed E-state index contributed by atoms with van der Waals surface area (Å²) in [7, 11) is 1.69. The van der Waals surface area contributed by atoms with Crippen molar-refractivity contribution in [2.45, 2.75) is 57.3 Å². The maximum Gasteiger partial charge on any atom is 0.320 e. The lowest BCUT2D eigenvalue weighted by Gasteiger charge is -2.22. The molecule has 0 aromatic carbocycles. The number of esters is 1. The van der Waals surface area contributed by atoms with Gasteiger partial charge < -0.3 is 9.47 Å². The third kappa shape index (κ3) is 3.42. The molecule has 0 radical (unpaired) electrons. The molecule has 17 heavy (non-hydrogen) atoms. The zero-order chi connectivity index (χ0) is 12.3. The average molecular weight is 241 g/mol. The van der Waals surface area contributed by atoms with Gasteiger partial charge in [0.05, 0.1) is 12.6 Å². The van der Waals surface area contributed by atoms with E-state index in [0.29, 0.717) is 12.6 Å². The van der Waals surface area contributed by atoms with Crippen LogP contribution in [0, 0.1) is 0 Å². The van der Waals surface area contributed by atoms with Crippen LogP contribution in [0.2, 0.25) is 0 Å². The van der Waals surface area contributed by atoms with Crippen molar-refractivity contribution in [3.8, 4) is 0 Å². The van der Waals surface area contributed by atoms with Gasteiger partial charge in [0, 0.05) is 13.2 Å². The van der Waals surface area contributed by atoms with Crippen LogP contribution >= 0.6 is 0 Å². The van der Waals surface area contributed by atoms with Gasteiger partial charge in [-0.25, -0.2) is 0 Å². The van der Waals surface area contributed by atoms with Crippen molar-refractivity contribution < 1.29 is 14.3 Å². The summed E-state index contributed by atoms with van der Waals surface area (Å²) in [5.74, 6) is -0.0901. The summed E-state index contributed by atoms with van der Waals surface area (Å²) < 4.78 is 10.8. The van der Waals surface area contributed by atoms with Gasteiger partial charge in [-0.3, -0.25) is 9.69 Å². The van der Waals surface area contributed by atoms with Gasteiger partial charge in [-0.2, -0.15) is 0 Å². The molecular formula is C13H23NO3. The summed E-state index contributed by atoms with van der Waals surface area (Å²) in [6, 6.07) is 0.620. The number of hydrogen-bond donors (Lipinski definition) is 0. The molecule has 4 nitrogen and oxygen atoms in total. The summed E-state index contributed by atoms with van der Waals surface area (Å²) in [6.07, 6.45) is 5.59. The molecule has 2 saturated carbocycles. The lowest BCUT2D eigenvalue weighted by molar-refractivity contribution is -0.155. The Kier molecular flexibility index (Phi) is 4.40. The first-order chi connectivity index (χ1) is 8.24.